The van der Waals surface area contributed by atoms with Crippen LogP contribution in [0.1, 0.15) is 38.2 Å². The summed E-state index contributed by atoms with van der Waals surface area (Å²) in [5.41, 5.74) is 1.94. The molecule has 2 N–H and O–H groups in total. The lowest BCUT2D eigenvalue weighted by Gasteiger charge is -2.15. The largest absolute Gasteiger partial charge is 0.493 e. The highest BCUT2D eigenvalue weighted by Gasteiger charge is 2.17. The molecule has 0 saturated heterocycles. The molecule has 1 heterocycles. The zero-order valence-corrected chi connectivity index (χ0v) is 20.1. The summed E-state index contributed by atoms with van der Waals surface area (Å²) < 4.78 is 17.0. The van der Waals surface area contributed by atoms with Gasteiger partial charge in [-0.1, -0.05) is 0 Å². The van der Waals surface area contributed by atoms with Crippen molar-refractivity contribution in [2.24, 2.45) is 4.99 Å². The number of hydrogen-bond acceptors (Lipinski definition) is 5. The number of methoxy groups -OCH3 is 1. The standard InChI is InChI=1S/C22H30N4O3.HI/c1-4-28-19-10-9-17(14-20(19)27-3)26-22(23-2)25-15-16-11-12-24-21(13-16)29-18-7-5-6-8-18;/h9-14,18H,4-8,15H2,1-3H3,(H2,23,25,26);1H. The van der Waals surface area contributed by atoms with Gasteiger partial charge in [-0.2, -0.15) is 0 Å². The first-order valence-electron chi connectivity index (χ1n) is 10.1. The molecule has 30 heavy (non-hydrogen) atoms. The average Bonchev–Trinajstić information content (AvgIpc) is 3.25. The Morgan fingerprint density at radius 1 is 1.17 bits per heavy atom. The normalized spacial score (nSPS) is 14.0. The summed E-state index contributed by atoms with van der Waals surface area (Å²) in [6.07, 6.45) is 6.80. The maximum absolute atomic E-state index is 5.99. The Morgan fingerprint density at radius 3 is 2.67 bits per heavy atom. The van der Waals surface area contributed by atoms with E-state index in [1.807, 2.05) is 37.3 Å². The van der Waals surface area contributed by atoms with Gasteiger partial charge in [0.2, 0.25) is 5.88 Å². The summed E-state index contributed by atoms with van der Waals surface area (Å²) in [4.78, 5) is 8.63. The molecular weight excluding hydrogens is 495 g/mol. The minimum atomic E-state index is 0. The summed E-state index contributed by atoms with van der Waals surface area (Å²) in [6, 6.07) is 9.66. The van der Waals surface area contributed by atoms with Crippen LogP contribution < -0.4 is 24.8 Å². The highest BCUT2D eigenvalue weighted by molar-refractivity contribution is 14.0. The van der Waals surface area contributed by atoms with Crippen LogP contribution in [0, 0.1) is 0 Å². The Labute approximate surface area is 195 Å². The Balaban J connectivity index is 0.00000320. The molecule has 164 valence electrons. The monoisotopic (exact) mass is 526 g/mol. The zero-order valence-electron chi connectivity index (χ0n) is 17.8. The molecule has 3 rings (SSSR count). The van der Waals surface area contributed by atoms with Crippen LogP contribution in [0.4, 0.5) is 5.69 Å². The number of nitrogens with one attached hydrogen (secondary N) is 2. The highest BCUT2D eigenvalue weighted by Crippen LogP contribution is 2.30. The molecule has 1 fully saturated rings. The molecule has 0 aliphatic heterocycles. The number of ether oxygens (including phenoxy) is 3. The van der Waals surface area contributed by atoms with E-state index in [9.17, 15) is 0 Å². The van der Waals surface area contributed by atoms with Gasteiger partial charge in [0, 0.05) is 37.6 Å². The van der Waals surface area contributed by atoms with Gasteiger partial charge in [-0.25, -0.2) is 4.98 Å². The number of nitrogens with zero attached hydrogens (tertiary/aromatic N) is 2. The summed E-state index contributed by atoms with van der Waals surface area (Å²) in [5, 5.41) is 6.59. The van der Waals surface area contributed by atoms with Crippen LogP contribution in [-0.2, 0) is 6.54 Å². The van der Waals surface area contributed by atoms with Gasteiger partial charge in [0.05, 0.1) is 13.7 Å². The molecule has 1 aliphatic rings. The number of guanidine groups is 1. The minimum Gasteiger partial charge on any atom is -0.493 e. The molecule has 1 aliphatic carbocycles. The van der Waals surface area contributed by atoms with Crippen molar-refractivity contribution in [3.63, 3.8) is 0 Å². The quantitative estimate of drug-likeness (QED) is 0.297. The number of benzene rings is 1. The SMILES string of the molecule is CCOc1ccc(NC(=NC)NCc2ccnc(OC3CCCC3)c2)cc1OC.I. The molecule has 8 heteroatoms. The number of anilines is 1. The van der Waals surface area contributed by atoms with E-state index in [4.69, 9.17) is 14.2 Å². The van der Waals surface area contributed by atoms with Crippen LogP contribution in [0.15, 0.2) is 41.5 Å². The van der Waals surface area contributed by atoms with E-state index in [2.05, 4.69) is 20.6 Å². The fraction of sp³-hybridized carbons (Fsp3) is 0.455. The summed E-state index contributed by atoms with van der Waals surface area (Å²) >= 11 is 0. The van der Waals surface area contributed by atoms with Crippen LogP contribution in [0.25, 0.3) is 0 Å². The van der Waals surface area contributed by atoms with E-state index in [1.165, 1.54) is 12.8 Å². The van der Waals surface area contributed by atoms with Crippen molar-refractivity contribution in [2.75, 3.05) is 26.1 Å². The molecule has 0 bridgehead atoms. The number of aromatic nitrogens is 1. The summed E-state index contributed by atoms with van der Waals surface area (Å²) in [7, 11) is 3.37. The Morgan fingerprint density at radius 2 is 1.97 bits per heavy atom. The number of hydrogen-bond donors (Lipinski definition) is 2. The lowest BCUT2D eigenvalue weighted by molar-refractivity contribution is 0.201. The lowest BCUT2D eigenvalue weighted by Crippen LogP contribution is -2.30. The van der Waals surface area contributed by atoms with Gasteiger partial charge in [-0.3, -0.25) is 4.99 Å². The second-order valence-corrected chi connectivity index (χ2v) is 6.88. The average molecular weight is 526 g/mol. The Kier molecular flexibility index (Phi) is 9.99. The first-order valence-corrected chi connectivity index (χ1v) is 10.1. The van der Waals surface area contributed by atoms with Gasteiger partial charge < -0.3 is 24.8 Å². The molecular formula is C22H31IN4O3. The van der Waals surface area contributed by atoms with E-state index in [0.29, 0.717) is 36.8 Å². The fourth-order valence-corrected chi connectivity index (χ4v) is 3.32. The zero-order chi connectivity index (χ0) is 20.5. The maximum Gasteiger partial charge on any atom is 0.213 e. The second-order valence-electron chi connectivity index (χ2n) is 6.88. The molecule has 0 atom stereocenters. The van der Waals surface area contributed by atoms with Crippen molar-refractivity contribution in [1.29, 1.82) is 0 Å². The van der Waals surface area contributed by atoms with Gasteiger partial charge in [-0.15, -0.1) is 24.0 Å². The minimum absolute atomic E-state index is 0. The van der Waals surface area contributed by atoms with Gasteiger partial charge in [0.25, 0.3) is 0 Å². The summed E-state index contributed by atoms with van der Waals surface area (Å²) in [6.45, 7) is 3.14. The van der Waals surface area contributed by atoms with E-state index >= 15 is 0 Å². The van der Waals surface area contributed by atoms with E-state index in [-0.39, 0.29) is 24.0 Å². The number of rotatable bonds is 8. The first-order chi connectivity index (χ1) is 14.2. The Hall–Kier alpha value is -2.23. The molecule has 0 radical (unpaired) electrons. The van der Waals surface area contributed by atoms with Crippen molar-refractivity contribution in [1.82, 2.24) is 10.3 Å². The molecule has 0 spiro atoms. The fourth-order valence-electron chi connectivity index (χ4n) is 3.32. The highest BCUT2D eigenvalue weighted by atomic mass is 127. The number of halogens is 1. The molecule has 0 unspecified atom stereocenters. The molecule has 1 aromatic carbocycles. The van der Waals surface area contributed by atoms with Gasteiger partial charge in [0.15, 0.2) is 17.5 Å². The lowest BCUT2D eigenvalue weighted by atomic mass is 10.2. The number of aliphatic imine (C=N–C) groups is 1. The van der Waals surface area contributed by atoms with Crippen molar-refractivity contribution >= 4 is 35.6 Å². The second kappa shape index (κ2) is 12.5. The molecule has 1 saturated carbocycles. The molecule has 1 aromatic heterocycles. The van der Waals surface area contributed by atoms with E-state index < -0.39 is 0 Å². The summed E-state index contributed by atoms with van der Waals surface area (Å²) in [5.74, 6) is 2.74. The van der Waals surface area contributed by atoms with E-state index in [0.717, 1.165) is 29.8 Å². The van der Waals surface area contributed by atoms with Crippen molar-refractivity contribution < 1.29 is 14.2 Å². The molecule has 2 aromatic rings. The Bertz CT molecular complexity index is 826. The van der Waals surface area contributed by atoms with Crippen LogP contribution in [-0.4, -0.2) is 37.8 Å². The third kappa shape index (κ3) is 6.93. The predicted octanol–water partition coefficient (Wildman–Crippen LogP) is 4.62. The van der Waals surface area contributed by atoms with Crippen LogP contribution in [0.3, 0.4) is 0 Å². The topological polar surface area (TPSA) is 77.0 Å². The number of pyridine rings is 1. The van der Waals surface area contributed by atoms with Gasteiger partial charge in [-0.05, 0) is 56.4 Å². The first kappa shape index (κ1) is 24.0. The van der Waals surface area contributed by atoms with Crippen molar-refractivity contribution in [3.8, 4) is 17.4 Å². The third-order valence-corrected chi connectivity index (χ3v) is 4.80. The molecule has 7 nitrogen and oxygen atoms in total. The van der Waals surface area contributed by atoms with Crippen LogP contribution >= 0.6 is 24.0 Å². The van der Waals surface area contributed by atoms with Crippen LogP contribution in [0.2, 0.25) is 0 Å². The third-order valence-electron chi connectivity index (χ3n) is 4.80. The molecule has 0 amide bonds. The predicted molar refractivity (Wildman–Crippen MR) is 131 cm³/mol. The van der Waals surface area contributed by atoms with E-state index in [1.54, 1.807) is 20.4 Å². The van der Waals surface area contributed by atoms with Gasteiger partial charge >= 0.3 is 0 Å². The maximum atomic E-state index is 5.99. The smallest absolute Gasteiger partial charge is 0.213 e. The van der Waals surface area contributed by atoms with Crippen LogP contribution in [0.5, 0.6) is 17.4 Å². The van der Waals surface area contributed by atoms with Gasteiger partial charge in [0.1, 0.15) is 6.10 Å². The van der Waals surface area contributed by atoms with Crippen molar-refractivity contribution in [2.45, 2.75) is 45.3 Å². The van der Waals surface area contributed by atoms with Crippen molar-refractivity contribution in [3.05, 3.63) is 42.1 Å².